The first-order chi connectivity index (χ1) is 14.1. The number of amides is 1. The minimum absolute atomic E-state index is 0.0398. The summed E-state index contributed by atoms with van der Waals surface area (Å²) in [4.78, 5) is 21.5. The van der Waals surface area contributed by atoms with E-state index in [9.17, 15) is 4.79 Å². The Balaban J connectivity index is 1.59. The summed E-state index contributed by atoms with van der Waals surface area (Å²) >= 11 is 5.96. The molecule has 0 bridgehead atoms. The van der Waals surface area contributed by atoms with Crippen molar-refractivity contribution in [2.24, 2.45) is 0 Å². The van der Waals surface area contributed by atoms with E-state index in [2.05, 4.69) is 26.7 Å². The van der Waals surface area contributed by atoms with Crippen molar-refractivity contribution in [2.45, 2.75) is 6.92 Å². The van der Waals surface area contributed by atoms with E-state index in [1.54, 1.807) is 24.3 Å². The highest BCUT2D eigenvalue weighted by Gasteiger charge is 2.11. The molecule has 6 heteroatoms. The topological polar surface area (TPSA) is 66.9 Å². The summed E-state index contributed by atoms with van der Waals surface area (Å²) in [6, 6.07) is 23.0. The van der Waals surface area contributed by atoms with Crippen LogP contribution < -0.4 is 10.6 Å². The molecule has 5 nitrogen and oxygen atoms in total. The quantitative estimate of drug-likeness (QED) is 0.474. The van der Waals surface area contributed by atoms with Crippen molar-refractivity contribution >= 4 is 40.0 Å². The number of hydrogen-bond acceptors (Lipinski definition) is 4. The summed E-state index contributed by atoms with van der Waals surface area (Å²) in [7, 11) is 0. The molecule has 0 aliphatic rings. The van der Waals surface area contributed by atoms with Gasteiger partial charge in [-0.1, -0.05) is 59.6 Å². The van der Waals surface area contributed by atoms with E-state index >= 15 is 0 Å². The van der Waals surface area contributed by atoms with Crippen LogP contribution in [0.3, 0.4) is 0 Å². The lowest BCUT2D eigenvalue weighted by Gasteiger charge is -2.11. The third kappa shape index (κ3) is 4.52. The maximum atomic E-state index is 12.3. The predicted molar refractivity (Wildman–Crippen MR) is 118 cm³/mol. The van der Waals surface area contributed by atoms with Crippen molar-refractivity contribution in [2.75, 3.05) is 17.2 Å². The lowest BCUT2D eigenvalue weighted by molar-refractivity contribution is -0.114. The molecule has 2 N–H and O–H groups in total. The van der Waals surface area contributed by atoms with Crippen LogP contribution in [-0.2, 0) is 4.79 Å². The van der Waals surface area contributed by atoms with Gasteiger partial charge in [0.2, 0.25) is 11.9 Å². The van der Waals surface area contributed by atoms with Gasteiger partial charge in [-0.3, -0.25) is 4.79 Å². The van der Waals surface area contributed by atoms with Gasteiger partial charge in [0.1, 0.15) is 0 Å². The molecule has 0 aliphatic heterocycles. The Bertz CT molecular complexity index is 1180. The highest BCUT2D eigenvalue weighted by molar-refractivity contribution is 6.30. The van der Waals surface area contributed by atoms with Crippen molar-refractivity contribution in [3.63, 3.8) is 0 Å². The molecule has 0 atom stereocenters. The van der Waals surface area contributed by atoms with Gasteiger partial charge < -0.3 is 10.6 Å². The predicted octanol–water partition coefficient (Wildman–Crippen LogP) is 5.31. The van der Waals surface area contributed by atoms with Crippen LogP contribution in [-0.4, -0.2) is 22.4 Å². The van der Waals surface area contributed by atoms with Crippen molar-refractivity contribution in [1.29, 1.82) is 0 Å². The largest absolute Gasteiger partial charge is 0.345 e. The fraction of sp³-hybridized carbons (Fsp3) is 0.0870. The molecule has 29 heavy (non-hydrogen) atoms. The van der Waals surface area contributed by atoms with E-state index in [1.807, 2.05) is 49.4 Å². The zero-order valence-electron chi connectivity index (χ0n) is 15.8. The average Bonchev–Trinajstić information content (AvgIpc) is 2.72. The second kappa shape index (κ2) is 8.29. The molecule has 0 unspecified atom stereocenters. The molecule has 0 spiro atoms. The zero-order chi connectivity index (χ0) is 20.2. The first kappa shape index (κ1) is 18.9. The Morgan fingerprint density at radius 1 is 0.966 bits per heavy atom. The smallest absolute Gasteiger partial charge is 0.243 e. The fourth-order valence-corrected chi connectivity index (χ4v) is 3.26. The van der Waals surface area contributed by atoms with Crippen LogP contribution in [0.2, 0.25) is 5.02 Å². The Morgan fingerprint density at radius 3 is 2.59 bits per heavy atom. The first-order valence-electron chi connectivity index (χ1n) is 9.21. The van der Waals surface area contributed by atoms with Gasteiger partial charge in [-0.25, -0.2) is 9.97 Å². The summed E-state index contributed by atoms with van der Waals surface area (Å²) in [5, 5.41) is 7.37. The van der Waals surface area contributed by atoms with E-state index in [1.165, 1.54) is 0 Å². The number of nitrogens with one attached hydrogen (secondary N) is 2. The molecule has 0 radical (unpaired) electrons. The molecule has 3 aromatic carbocycles. The standard InChI is InChI=1S/C23H19ClN4O/c1-15-10-11-20-19(12-15)22(16-6-3-2-4-7-16)28-23(27-20)25-14-21(29)26-18-9-5-8-17(24)13-18/h2-13H,14H2,1H3,(H,26,29)(H,25,27,28). The van der Waals surface area contributed by atoms with Gasteiger partial charge in [0.15, 0.2) is 0 Å². The summed E-state index contributed by atoms with van der Waals surface area (Å²) in [6.45, 7) is 2.08. The van der Waals surface area contributed by atoms with Crippen LogP contribution in [0.15, 0.2) is 72.8 Å². The zero-order valence-corrected chi connectivity index (χ0v) is 16.6. The number of nitrogens with zero attached hydrogens (tertiary/aromatic N) is 2. The van der Waals surface area contributed by atoms with Crippen molar-refractivity contribution in [3.05, 3.63) is 83.4 Å². The fourth-order valence-electron chi connectivity index (χ4n) is 3.07. The number of aromatic nitrogens is 2. The van der Waals surface area contributed by atoms with Gasteiger partial charge in [0.25, 0.3) is 0 Å². The Hall–Kier alpha value is -3.44. The van der Waals surface area contributed by atoms with Crippen LogP contribution >= 0.6 is 11.6 Å². The average molecular weight is 403 g/mol. The molecule has 4 aromatic rings. The van der Waals surface area contributed by atoms with Gasteiger partial charge in [-0.05, 0) is 37.3 Å². The van der Waals surface area contributed by atoms with Crippen molar-refractivity contribution < 1.29 is 4.79 Å². The second-order valence-electron chi connectivity index (χ2n) is 6.69. The summed E-state index contributed by atoms with van der Waals surface area (Å²) in [5.41, 5.74) is 4.43. The van der Waals surface area contributed by atoms with E-state index in [4.69, 9.17) is 11.6 Å². The van der Waals surface area contributed by atoms with Crippen molar-refractivity contribution in [3.8, 4) is 11.3 Å². The summed E-state index contributed by atoms with van der Waals surface area (Å²) < 4.78 is 0. The van der Waals surface area contributed by atoms with Crippen LogP contribution in [0.1, 0.15) is 5.56 Å². The Labute approximate surface area is 173 Å². The van der Waals surface area contributed by atoms with Gasteiger partial charge in [-0.15, -0.1) is 0 Å². The number of benzene rings is 3. The third-order valence-electron chi connectivity index (χ3n) is 4.41. The molecule has 4 rings (SSSR count). The number of fused-ring (bicyclic) bond motifs is 1. The van der Waals surface area contributed by atoms with E-state index in [0.717, 1.165) is 27.7 Å². The molecule has 1 aromatic heterocycles. The lowest BCUT2D eigenvalue weighted by atomic mass is 10.0. The molecule has 0 aliphatic carbocycles. The second-order valence-corrected chi connectivity index (χ2v) is 7.13. The summed E-state index contributed by atoms with van der Waals surface area (Å²) in [6.07, 6.45) is 0. The monoisotopic (exact) mass is 402 g/mol. The maximum absolute atomic E-state index is 12.3. The number of carbonyl (C=O) groups is 1. The van der Waals surface area contributed by atoms with Gasteiger partial charge in [0, 0.05) is 21.7 Å². The van der Waals surface area contributed by atoms with E-state index in [0.29, 0.717) is 16.7 Å². The van der Waals surface area contributed by atoms with Crippen LogP contribution in [0, 0.1) is 6.92 Å². The molecule has 1 amide bonds. The lowest BCUT2D eigenvalue weighted by Crippen LogP contribution is -2.22. The number of halogens is 1. The van der Waals surface area contributed by atoms with Gasteiger partial charge in [-0.2, -0.15) is 0 Å². The third-order valence-corrected chi connectivity index (χ3v) is 4.65. The number of carbonyl (C=O) groups excluding carboxylic acids is 1. The number of hydrogen-bond donors (Lipinski definition) is 2. The number of rotatable bonds is 5. The Kier molecular flexibility index (Phi) is 5.40. The molecule has 1 heterocycles. The molecule has 0 fully saturated rings. The number of aryl methyl sites for hydroxylation is 1. The van der Waals surface area contributed by atoms with Crippen LogP contribution in [0.4, 0.5) is 11.6 Å². The molecular weight excluding hydrogens is 384 g/mol. The maximum Gasteiger partial charge on any atom is 0.243 e. The first-order valence-corrected chi connectivity index (χ1v) is 9.59. The molecule has 144 valence electrons. The number of anilines is 2. The van der Waals surface area contributed by atoms with Gasteiger partial charge in [0.05, 0.1) is 17.8 Å². The minimum atomic E-state index is -0.207. The minimum Gasteiger partial charge on any atom is -0.345 e. The van der Waals surface area contributed by atoms with Crippen LogP contribution in [0.25, 0.3) is 22.2 Å². The highest BCUT2D eigenvalue weighted by Crippen LogP contribution is 2.28. The summed E-state index contributed by atoms with van der Waals surface area (Å²) in [5.74, 6) is 0.197. The Morgan fingerprint density at radius 2 is 1.79 bits per heavy atom. The van der Waals surface area contributed by atoms with Crippen molar-refractivity contribution in [1.82, 2.24) is 9.97 Å². The molecule has 0 saturated carbocycles. The van der Waals surface area contributed by atoms with Gasteiger partial charge >= 0.3 is 0 Å². The van der Waals surface area contributed by atoms with Crippen LogP contribution in [0.5, 0.6) is 0 Å². The highest BCUT2D eigenvalue weighted by atomic mass is 35.5. The molecule has 0 saturated heterocycles. The van der Waals surface area contributed by atoms with E-state index in [-0.39, 0.29) is 12.5 Å². The molecular formula is C23H19ClN4O. The SMILES string of the molecule is Cc1ccc2nc(NCC(=O)Nc3cccc(Cl)c3)nc(-c3ccccc3)c2c1. The van der Waals surface area contributed by atoms with E-state index < -0.39 is 0 Å². The normalized spacial score (nSPS) is 10.7.